The highest BCUT2D eigenvalue weighted by molar-refractivity contribution is 7.85. The van der Waals surface area contributed by atoms with Gasteiger partial charge in [0, 0.05) is 57.0 Å². The number of fused-ring (bicyclic) bond motifs is 2. The molecule has 0 saturated carbocycles. The highest BCUT2D eigenvalue weighted by Crippen LogP contribution is 2.48. The van der Waals surface area contributed by atoms with Gasteiger partial charge in [-0.2, -0.15) is 13.2 Å². The zero-order chi connectivity index (χ0) is 31.2. The molecule has 12 heteroatoms. The van der Waals surface area contributed by atoms with Crippen LogP contribution >= 0.6 is 0 Å². The quantitative estimate of drug-likeness (QED) is 0.286. The van der Waals surface area contributed by atoms with E-state index < -0.39 is 46.0 Å². The average molecular weight is 635 g/mol. The van der Waals surface area contributed by atoms with Crippen LogP contribution in [0, 0.1) is 5.82 Å². The van der Waals surface area contributed by atoms with Gasteiger partial charge < -0.3 is 24.4 Å². The van der Waals surface area contributed by atoms with Crippen LogP contribution in [0.5, 0.6) is 17.2 Å². The number of aliphatic hydroxyl groups is 1. The summed E-state index contributed by atoms with van der Waals surface area (Å²) in [5, 5.41) is 19.8. The van der Waals surface area contributed by atoms with E-state index >= 15 is 4.39 Å². The summed E-state index contributed by atoms with van der Waals surface area (Å²) in [5.41, 5.74) is -0.986. The third-order valence-corrected chi connectivity index (χ3v) is 9.85. The largest absolute Gasteiger partial charge is 0.492 e. The third kappa shape index (κ3) is 6.14. The number of carbonyl (C=O) groups is 1. The lowest BCUT2D eigenvalue weighted by molar-refractivity contribution is -0.138. The molecule has 2 N–H and O–H groups in total. The molecule has 234 valence electrons. The van der Waals surface area contributed by atoms with Crippen LogP contribution in [0.15, 0.2) is 48.5 Å². The van der Waals surface area contributed by atoms with Gasteiger partial charge in [-0.1, -0.05) is 12.1 Å². The van der Waals surface area contributed by atoms with Crippen molar-refractivity contribution < 1.29 is 51.0 Å². The normalized spacial score (nSPS) is 24.3. The van der Waals surface area contributed by atoms with E-state index in [2.05, 4.69) is 0 Å². The molecule has 0 aromatic heterocycles. The monoisotopic (exact) mass is 634 g/mol. The van der Waals surface area contributed by atoms with Crippen molar-refractivity contribution in [3.05, 3.63) is 76.6 Å². The lowest BCUT2D eigenvalue weighted by atomic mass is 9.91. The summed E-state index contributed by atoms with van der Waals surface area (Å²) < 4.78 is 87.2. The molecule has 1 aliphatic carbocycles. The van der Waals surface area contributed by atoms with Crippen LogP contribution in [0.1, 0.15) is 60.0 Å². The van der Waals surface area contributed by atoms with Gasteiger partial charge in [0.2, 0.25) is 0 Å². The molecule has 2 aliphatic heterocycles. The van der Waals surface area contributed by atoms with E-state index in [1.54, 1.807) is 18.2 Å². The van der Waals surface area contributed by atoms with E-state index in [9.17, 15) is 27.3 Å². The Labute approximate surface area is 253 Å². The number of halogens is 4. The molecule has 0 amide bonds. The van der Waals surface area contributed by atoms with Gasteiger partial charge >= 0.3 is 12.1 Å². The fraction of sp³-hybridized carbons (Fsp3) is 0.406. The molecule has 2 heterocycles. The molecule has 0 bridgehead atoms. The van der Waals surface area contributed by atoms with Crippen molar-refractivity contribution in [2.24, 2.45) is 0 Å². The van der Waals surface area contributed by atoms with E-state index in [0.29, 0.717) is 40.6 Å². The van der Waals surface area contributed by atoms with Crippen LogP contribution in [0.3, 0.4) is 0 Å². The molecular weight excluding hydrogens is 604 g/mol. The Kier molecular flexibility index (Phi) is 8.08. The van der Waals surface area contributed by atoms with Crippen LogP contribution in [0.25, 0.3) is 11.1 Å². The molecule has 0 spiro atoms. The fourth-order valence-electron chi connectivity index (χ4n) is 6.19. The Morgan fingerprint density at radius 1 is 1.05 bits per heavy atom. The number of alkyl halides is 3. The minimum absolute atomic E-state index is 0.0669. The molecule has 44 heavy (non-hydrogen) atoms. The van der Waals surface area contributed by atoms with Crippen molar-refractivity contribution in [2.45, 2.75) is 55.9 Å². The first-order valence-corrected chi connectivity index (χ1v) is 15.8. The molecule has 3 aromatic rings. The Hall–Kier alpha value is -3.64. The van der Waals surface area contributed by atoms with Gasteiger partial charge in [0.05, 0.1) is 18.6 Å². The van der Waals surface area contributed by atoms with Crippen molar-refractivity contribution in [1.82, 2.24) is 0 Å². The summed E-state index contributed by atoms with van der Waals surface area (Å²) in [5.74, 6) is -0.419. The van der Waals surface area contributed by atoms with Gasteiger partial charge in [-0.15, -0.1) is 0 Å². The van der Waals surface area contributed by atoms with Crippen molar-refractivity contribution in [3.8, 4) is 28.4 Å². The molecule has 6 rings (SSSR count). The number of aliphatic carboxylic acids is 1. The second-order valence-electron chi connectivity index (χ2n) is 11.5. The average Bonchev–Trinajstić information content (AvgIpc) is 3.56. The Morgan fingerprint density at radius 2 is 1.77 bits per heavy atom. The van der Waals surface area contributed by atoms with E-state index in [1.807, 2.05) is 0 Å². The number of hydrogen-bond acceptors (Lipinski definition) is 6. The van der Waals surface area contributed by atoms with Gasteiger partial charge in [-0.3, -0.25) is 9.00 Å². The first-order chi connectivity index (χ1) is 20.9. The zero-order valence-electron chi connectivity index (χ0n) is 23.5. The van der Waals surface area contributed by atoms with Crippen molar-refractivity contribution in [2.75, 3.05) is 24.7 Å². The molecule has 1 fully saturated rings. The Morgan fingerprint density at radius 3 is 2.48 bits per heavy atom. The molecule has 3 aliphatic rings. The smallest absolute Gasteiger partial charge is 0.417 e. The summed E-state index contributed by atoms with van der Waals surface area (Å²) in [4.78, 5) is 11.1. The molecule has 3 aromatic carbocycles. The third-order valence-electron chi connectivity index (χ3n) is 8.53. The topological polar surface area (TPSA) is 102 Å². The maximum absolute atomic E-state index is 15.5. The highest BCUT2D eigenvalue weighted by atomic mass is 32.2. The molecule has 2 atom stereocenters. The van der Waals surface area contributed by atoms with Crippen LogP contribution < -0.4 is 14.2 Å². The molecular formula is C32H30F4O7S. The number of ether oxygens (including phenoxy) is 3. The predicted octanol–water partition coefficient (Wildman–Crippen LogP) is 6.18. The first kappa shape index (κ1) is 30.4. The first-order valence-electron chi connectivity index (χ1n) is 14.3. The second-order valence-corrected chi connectivity index (χ2v) is 13.2. The molecule has 0 radical (unpaired) electrons. The molecule has 2 unspecified atom stereocenters. The van der Waals surface area contributed by atoms with Crippen molar-refractivity contribution in [3.63, 3.8) is 0 Å². The summed E-state index contributed by atoms with van der Waals surface area (Å²) in [6, 6.07) is 11.1. The summed E-state index contributed by atoms with van der Waals surface area (Å²) in [6.45, 7) is 0.0871. The minimum Gasteiger partial charge on any atom is -0.492 e. The molecule has 1 saturated heterocycles. The van der Waals surface area contributed by atoms with Gasteiger partial charge in [0.25, 0.3) is 0 Å². The standard InChI is InChI=1S/C32H30F4O7S/c33-26-14-19(42-17-31(39)9-11-44(40)12-10-31)1-4-24(26)30-23-6-8-27(22(23)5-7-25(30)32(34,35)36)43-20-2-3-21-18(13-29(37)38)16-41-28(21)15-20/h1-5,7,14-15,18,27,39H,6,8-13,16-17H2,(H,37,38). The van der Waals surface area contributed by atoms with E-state index in [4.69, 9.17) is 19.3 Å². The van der Waals surface area contributed by atoms with E-state index in [0.717, 1.165) is 17.7 Å². The SMILES string of the molecule is O=C(O)CC1COc2cc(OC3CCc4c3ccc(C(F)(F)F)c4-c3ccc(OCC4(O)CCS(=O)CC4)cc3F)ccc21. The lowest BCUT2D eigenvalue weighted by Crippen LogP contribution is -2.42. The fourth-order valence-corrected chi connectivity index (χ4v) is 7.61. The van der Waals surface area contributed by atoms with Gasteiger partial charge in [0.15, 0.2) is 0 Å². The number of rotatable bonds is 8. The lowest BCUT2D eigenvalue weighted by Gasteiger charge is -2.31. The zero-order valence-corrected chi connectivity index (χ0v) is 24.3. The maximum atomic E-state index is 15.5. The molecule has 7 nitrogen and oxygen atoms in total. The van der Waals surface area contributed by atoms with E-state index in [-0.39, 0.29) is 61.7 Å². The van der Waals surface area contributed by atoms with Gasteiger partial charge in [-0.25, -0.2) is 4.39 Å². The highest BCUT2D eigenvalue weighted by Gasteiger charge is 2.39. The second kappa shape index (κ2) is 11.7. The van der Waals surface area contributed by atoms with E-state index in [1.165, 1.54) is 18.2 Å². The summed E-state index contributed by atoms with van der Waals surface area (Å²) in [7, 11) is -0.990. The van der Waals surface area contributed by atoms with Gasteiger partial charge in [-0.05, 0) is 61.1 Å². The maximum Gasteiger partial charge on any atom is 0.417 e. The number of hydrogen-bond donors (Lipinski definition) is 2. The number of carboxylic acid groups (broad SMARTS) is 1. The number of benzene rings is 3. The number of carboxylic acids is 1. The van der Waals surface area contributed by atoms with Crippen molar-refractivity contribution >= 4 is 16.8 Å². The minimum atomic E-state index is -4.74. The Balaban J connectivity index is 1.26. The van der Waals surface area contributed by atoms with Crippen LogP contribution in [0.2, 0.25) is 0 Å². The van der Waals surface area contributed by atoms with Crippen molar-refractivity contribution in [1.29, 1.82) is 0 Å². The van der Waals surface area contributed by atoms with Crippen LogP contribution in [0.4, 0.5) is 17.6 Å². The summed E-state index contributed by atoms with van der Waals surface area (Å²) in [6.07, 6.45) is -4.24. The van der Waals surface area contributed by atoms with Crippen LogP contribution in [-0.4, -0.2) is 50.7 Å². The predicted molar refractivity (Wildman–Crippen MR) is 153 cm³/mol. The summed E-state index contributed by atoms with van der Waals surface area (Å²) >= 11 is 0. The van der Waals surface area contributed by atoms with Gasteiger partial charge in [0.1, 0.15) is 41.4 Å². The van der Waals surface area contributed by atoms with Crippen LogP contribution in [-0.2, 0) is 28.2 Å². The Bertz CT molecular complexity index is 1610.